The molecule has 28 heavy (non-hydrogen) atoms. The van der Waals surface area contributed by atoms with Crippen molar-refractivity contribution in [1.29, 1.82) is 0 Å². The highest BCUT2D eigenvalue weighted by Gasteiger charge is 2.33. The van der Waals surface area contributed by atoms with E-state index in [9.17, 15) is 8.78 Å². The van der Waals surface area contributed by atoms with E-state index < -0.39 is 12.7 Å². The molecular weight excluding hydrogens is 436 g/mol. The Kier molecular flexibility index (Phi) is 5.12. The van der Waals surface area contributed by atoms with Gasteiger partial charge in [-0.05, 0) is 40.6 Å². The summed E-state index contributed by atoms with van der Waals surface area (Å²) in [7, 11) is 1.41. The van der Waals surface area contributed by atoms with E-state index in [4.69, 9.17) is 9.47 Å². The quantitative estimate of drug-likeness (QED) is 0.626. The first-order valence-corrected chi connectivity index (χ1v) is 9.27. The Morgan fingerprint density at radius 3 is 2.71 bits per heavy atom. The van der Waals surface area contributed by atoms with Crippen molar-refractivity contribution in [3.8, 4) is 11.5 Å². The average Bonchev–Trinajstić information content (AvgIpc) is 3.16. The van der Waals surface area contributed by atoms with Gasteiger partial charge in [0.25, 0.3) is 0 Å². The lowest BCUT2D eigenvalue weighted by atomic mass is 9.92. The van der Waals surface area contributed by atoms with Gasteiger partial charge >= 0.3 is 6.61 Å². The number of hydrogen-bond acceptors (Lipinski definition) is 6. The predicted octanol–water partition coefficient (Wildman–Crippen LogP) is 4.19. The first-order chi connectivity index (χ1) is 13.6. The minimum atomic E-state index is -2.98. The number of para-hydroxylation sites is 1. The second-order valence-corrected chi connectivity index (χ2v) is 7.12. The summed E-state index contributed by atoms with van der Waals surface area (Å²) in [5.74, 6) is 0.670. The Morgan fingerprint density at radius 1 is 1.21 bits per heavy atom. The molecule has 0 aliphatic carbocycles. The standard InChI is InChI=1S/C18H16BrF2N5O2/c1-27-15-4-2-3-12(16(15)28-17(20)21)14-9-13(10-5-7-11(19)8-6-10)22-18-23-24-25-26(14)18/h2-8,13-14,17H,9H2,1H3,(H,22,23,25)/t13-,14+/m0/s1. The summed E-state index contributed by atoms with van der Waals surface area (Å²) in [5, 5.41) is 15.1. The molecule has 1 N–H and O–H groups in total. The molecular formula is C18H16BrF2N5O2. The van der Waals surface area contributed by atoms with Crippen molar-refractivity contribution in [2.24, 2.45) is 0 Å². The van der Waals surface area contributed by atoms with Crippen molar-refractivity contribution < 1.29 is 18.3 Å². The van der Waals surface area contributed by atoms with Crippen LogP contribution in [0.3, 0.4) is 0 Å². The van der Waals surface area contributed by atoms with Crippen LogP contribution in [0.25, 0.3) is 0 Å². The highest BCUT2D eigenvalue weighted by molar-refractivity contribution is 9.10. The zero-order valence-electron chi connectivity index (χ0n) is 14.7. The maximum absolute atomic E-state index is 13.1. The third-order valence-corrected chi connectivity index (χ3v) is 5.15. The number of alkyl halides is 2. The SMILES string of the molecule is COc1cccc([C@H]2C[C@@H](c3ccc(Br)cc3)Nc3nnnn32)c1OC(F)F. The fourth-order valence-corrected chi connectivity index (χ4v) is 3.65. The Bertz CT molecular complexity index is 967. The Labute approximate surface area is 167 Å². The molecule has 0 radical (unpaired) electrons. The number of ether oxygens (including phenoxy) is 2. The highest BCUT2D eigenvalue weighted by Crippen LogP contribution is 2.43. The van der Waals surface area contributed by atoms with Gasteiger partial charge in [-0.2, -0.15) is 8.78 Å². The highest BCUT2D eigenvalue weighted by atomic mass is 79.9. The van der Waals surface area contributed by atoms with Gasteiger partial charge in [-0.3, -0.25) is 0 Å². The largest absolute Gasteiger partial charge is 0.493 e. The van der Waals surface area contributed by atoms with Crippen molar-refractivity contribution in [2.45, 2.75) is 25.1 Å². The summed E-state index contributed by atoms with van der Waals surface area (Å²) in [6, 6.07) is 12.4. The lowest BCUT2D eigenvalue weighted by Gasteiger charge is -2.32. The molecule has 0 spiro atoms. The number of methoxy groups -OCH3 is 1. The van der Waals surface area contributed by atoms with E-state index in [1.165, 1.54) is 7.11 Å². The number of tetrazole rings is 1. The molecule has 4 rings (SSSR count). The summed E-state index contributed by atoms with van der Waals surface area (Å²) in [4.78, 5) is 0. The topological polar surface area (TPSA) is 74.1 Å². The zero-order chi connectivity index (χ0) is 19.7. The Hall–Kier alpha value is -2.75. The molecule has 2 heterocycles. The molecule has 1 aliphatic heterocycles. The normalized spacial score (nSPS) is 18.5. The number of rotatable bonds is 5. The van der Waals surface area contributed by atoms with Crippen LogP contribution in [-0.4, -0.2) is 33.9 Å². The first-order valence-electron chi connectivity index (χ1n) is 8.48. The minimum Gasteiger partial charge on any atom is -0.493 e. The van der Waals surface area contributed by atoms with E-state index >= 15 is 0 Å². The van der Waals surface area contributed by atoms with Gasteiger partial charge in [0.1, 0.15) is 0 Å². The number of benzene rings is 2. The van der Waals surface area contributed by atoms with Crippen LogP contribution in [0.1, 0.15) is 29.6 Å². The second-order valence-electron chi connectivity index (χ2n) is 6.20. The van der Waals surface area contributed by atoms with Gasteiger partial charge in [-0.1, -0.05) is 45.3 Å². The molecule has 0 bridgehead atoms. The van der Waals surface area contributed by atoms with Crippen molar-refractivity contribution in [3.05, 3.63) is 58.1 Å². The van der Waals surface area contributed by atoms with Gasteiger partial charge < -0.3 is 14.8 Å². The molecule has 7 nitrogen and oxygen atoms in total. The average molecular weight is 452 g/mol. The molecule has 0 saturated carbocycles. The number of nitrogens with zero attached hydrogens (tertiary/aromatic N) is 4. The van der Waals surface area contributed by atoms with Crippen LogP contribution in [0.15, 0.2) is 46.9 Å². The fourth-order valence-electron chi connectivity index (χ4n) is 3.38. The summed E-state index contributed by atoms with van der Waals surface area (Å²) >= 11 is 3.43. The lowest BCUT2D eigenvalue weighted by molar-refractivity contribution is -0.0521. The van der Waals surface area contributed by atoms with Gasteiger partial charge in [-0.25, -0.2) is 4.68 Å². The third-order valence-electron chi connectivity index (χ3n) is 4.62. The van der Waals surface area contributed by atoms with Gasteiger partial charge in [0, 0.05) is 10.0 Å². The minimum absolute atomic E-state index is 0.0112. The molecule has 2 atom stereocenters. The third kappa shape index (κ3) is 3.51. The molecule has 146 valence electrons. The molecule has 0 fully saturated rings. The van der Waals surface area contributed by atoms with Crippen LogP contribution in [0, 0.1) is 0 Å². The summed E-state index contributed by atoms with van der Waals surface area (Å²) < 4.78 is 38.7. The van der Waals surface area contributed by atoms with E-state index in [0.717, 1.165) is 10.0 Å². The zero-order valence-corrected chi connectivity index (χ0v) is 16.3. The van der Waals surface area contributed by atoms with Gasteiger partial charge in [0.15, 0.2) is 11.5 Å². The molecule has 1 aromatic heterocycles. The summed E-state index contributed by atoms with van der Waals surface area (Å²) in [5.41, 5.74) is 1.55. The molecule has 0 amide bonds. The van der Waals surface area contributed by atoms with Crippen molar-refractivity contribution in [2.75, 3.05) is 12.4 Å². The number of aromatic nitrogens is 4. The maximum atomic E-state index is 13.1. The van der Waals surface area contributed by atoms with Crippen LogP contribution in [0.5, 0.6) is 11.5 Å². The summed E-state index contributed by atoms with van der Waals surface area (Å²) in [6.07, 6.45) is 0.534. The van der Waals surface area contributed by atoms with E-state index in [0.29, 0.717) is 17.9 Å². The number of anilines is 1. The smallest absolute Gasteiger partial charge is 0.387 e. The molecule has 0 saturated heterocycles. The molecule has 0 unspecified atom stereocenters. The number of fused-ring (bicyclic) bond motifs is 1. The van der Waals surface area contributed by atoms with Crippen molar-refractivity contribution in [1.82, 2.24) is 20.2 Å². The van der Waals surface area contributed by atoms with Crippen LogP contribution < -0.4 is 14.8 Å². The van der Waals surface area contributed by atoms with E-state index in [1.807, 2.05) is 24.3 Å². The van der Waals surface area contributed by atoms with Gasteiger partial charge in [0.2, 0.25) is 5.95 Å². The van der Waals surface area contributed by atoms with Gasteiger partial charge in [0.05, 0.1) is 19.2 Å². The molecule has 1 aliphatic rings. The van der Waals surface area contributed by atoms with Crippen molar-refractivity contribution in [3.63, 3.8) is 0 Å². The first kappa shape index (κ1) is 18.6. The lowest BCUT2D eigenvalue weighted by Crippen LogP contribution is -2.28. The second kappa shape index (κ2) is 7.70. The monoisotopic (exact) mass is 451 g/mol. The van der Waals surface area contributed by atoms with Gasteiger partial charge in [-0.15, -0.1) is 0 Å². The Morgan fingerprint density at radius 2 is 2.00 bits per heavy atom. The van der Waals surface area contributed by atoms with E-state index in [1.54, 1.807) is 22.9 Å². The van der Waals surface area contributed by atoms with Crippen LogP contribution in [0.4, 0.5) is 14.7 Å². The maximum Gasteiger partial charge on any atom is 0.387 e. The number of nitrogens with one attached hydrogen (secondary N) is 1. The van der Waals surface area contributed by atoms with E-state index in [2.05, 4.69) is 36.8 Å². The Balaban J connectivity index is 1.78. The van der Waals surface area contributed by atoms with E-state index in [-0.39, 0.29) is 17.5 Å². The molecule has 10 heteroatoms. The van der Waals surface area contributed by atoms with Crippen LogP contribution in [-0.2, 0) is 0 Å². The van der Waals surface area contributed by atoms with Crippen LogP contribution in [0.2, 0.25) is 0 Å². The summed E-state index contributed by atoms with van der Waals surface area (Å²) in [6.45, 7) is -2.98. The fraction of sp³-hybridized carbons (Fsp3) is 0.278. The van der Waals surface area contributed by atoms with Crippen LogP contribution >= 0.6 is 15.9 Å². The number of halogens is 3. The molecule has 3 aromatic rings. The number of hydrogen-bond donors (Lipinski definition) is 1. The van der Waals surface area contributed by atoms with Crippen molar-refractivity contribution >= 4 is 21.9 Å². The predicted molar refractivity (Wildman–Crippen MR) is 101 cm³/mol. The molecule has 2 aromatic carbocycles.